The highest BCUT2D eigenvalue weighted by molar-refractivity contribution is 5.80. The summed E-state index contributed by atoms with van der Waals surface area (Å²) in [6.07, 6.45) is 0.264. The molecule has 8 heteroatoms. The third-order valence-corrected chi connectivity index (χ3v) is 3.83. The molecule has 2 N–H and O–H groups in total. The molecule has 0 radical (unpaired) electrons. The predicted molar refractivity (Wildman–Crippen MR) is 91.9 cm³/mol. The molecule has 8 nitrogen and oxygen atoms in total. The number of nitrogens with one attached hydrogen (secondary N) is 2. The van der Waals surface area contributed by atoms with Gasteiger partial charge in [-0.2, -0.15) is 5.10 Å². The summed E-state index contributed by atoms with van der Waals surface area (Å²) >= 11 is 0. The zero-order valence-electron chi connectivity index (χ0n) is 15.6. The molecule has 25 heavy (non-hydrogen) atoms. The molecule has 1 aromatic heterocycles. The molecule has 0 aliphatic carbocycles. The zero-order valence-corrected chi connectivity index (χ0v) is 15.6. The molecule has 0 aromatic carbocycles. The predicted octanol–water partition coefficient (Wildman–Crippen LogP) is 1.42. The van der Waals surface area contributed by atoms with E-state index in [1.165, 1.54) is 0 Å². The summed E-state index contributed by atoms with van der Waals surface area (Å²) in [6.45, 7) is 8.06. The fourth-order valence-electron chi connectivity index (χ4n) is 2.67. The molecule has 2 atom stereocenters. The molecule has 1 aliphatic heterocycles. The topological polar surface area (TPSA) is 94.5 Å². The van der Waals surface area contributed by atoms with E-state index in [-0.39, 0.29) is 11.9 Å². The number of amides is 2. The molecule has 2 heterocycles. The van der Waals surface area contributed by atoms with Gasteiger partial charge in [0.15, 0.2) is 0 Å². The molecule has 1 fully saturated rings. The Balaban J connectivity index is 1.73. The van der Waals surface area contributed by atoms with Gasteiger partial charge in [0.1, 0.15) is 11.7 Å². The van der Waals surface area contributed by atoms with Crippen LogP contribution in [0.1, 0.15) is 45.0 Å². The first kappa shape index (κ1) is 19.2. The molecule has 2 rings (SSSR count). The summed E-state index contributed by atoms with van der Waals surface area (Å²) in [7, 11) is 1.85. The average Bonchev–Trinajstić information content (AvgIpc) is 2.81. The Morgan fingerprint density at radius 1 is 1.40 bits per heavy atom. The van der Waals surface area contributed by atoms with Crippen molar-refractivity contribution in [1.29, 1.82) is 0 Å². The van der Waals surface area contributed by atoms with Crippen molar-refractivity contribution in [3.8, 4) is 0 Å². The van der Waals surface area contributed by atoms with E-state index in [4.69, 9.17) is 9.47 Å². The van der Waals surface area contributed by atoms with Gasteiger partial charge in [0.05, 0.1) is 30.6 Å². The van der Waals surface area contributed by atoms with Crippen LogP contribution < -0.4 is 10.6 Å². The Morgan fingerprint density at radius 3 is 2.64 bits per heavy atom. The van der Waals surface area contributed by atoms with Crippen LogP contribution in [0, 0.1) is 6.92 Å². The molecule has 140 valence electrons. The third-order valence-electron chi connectivity index (χ3n) is 3.83. The smallest absolute Gasteiger partial charge is 0.407 e. The number of hydrogen-bond acceptors (Lipinski definition) is 5. The van der Waals surface area contributed by atoms with Gasteiger partial charge >= 0.3 is 6.09 Å². The number of ether oxygens (including phenoxy) is 2. The van der Waals surface area contributed by atoms with Crippen LogP contribution in [0.5, 0.6) is 0 Å². The van der Waals surface area contributed by atoms with Gasteiger partial charge in [0.25, 0.3) is 0 Å². The number of rotatable bonds is 4. The van der Waals surface area contributed by atoms with E-state index in [0.717, 1.165) is 11.4 Å². The van der Waals surface area contributed by atoms with E-state index in [9.17, 15) is 9.59 Å². The van der Waals surface area contributed by atoms with Gasteiger partial charge in [-0.25, -0.2) is 4.79 Å². The van der Waals surface area contributed by atoms with Crippen LogP contribution >= 0.6 is 0 Å². The van der Waals surface area contributed by atoms with Crippen LogP contribution in [-0.2, 0) is 27.9 Å². The first-order chi connectivity index (χ1) is 11.6. The van der Waals surface area contributed by atoms with Crippen molar-refractivity contribution in [2.24, 2.45) is 7.05 Å². The monoisotopic (exact) mass is 352 g/mol. The maximum Gasteiger partial charge on any atom is 0.407 e. The lowest BCUT2D eigenvalue weighted by Crippen LogP contribution is -2.48. The Morgan fingerprint density at radius 2 is 2.12 bits per heavy atom. The SMILES string of the molecule is Cc1cc(CNC(=O)[C@@H]2CC[C@@H](NC(=O)OC(C)(C)C)CO2)n(C)n1. The van der Waals surface area contributed by atoms with Gasteiger partial charge in [-0.3, -0.25) is 9.48 Å². The normalized spacial score (nSPS) is 20.8. The van der Waals surface area contributed by atoms with Crippen molar-refractivity contribution in [2.75, 3.05) is 6.61 Å². The highest BCUT2D eigenvalue weighted by Gasteiger charge is 2.29. The van der Waals surface area contributed by atoms with Gasteiger partial charge in [-0.05, 0) is 46.6 Å². The van der Waals surface area contributed by atoms with Crippen LogP contribution in [-0.4, -0.2) is 46.1 Å². The fourth-order valence-corrected chi connectivity index (χ4v) is 2.67. The number of nitrogens with zero attached hydrogens (tertiary/aromatic N) is 2. The summed E-state index contributed by atoms with van der Waals surface area (Å²) in [6, 6.07) is 1.79. The van der Waals surface area contributed by atoms with Crippen molar-refractivity contribution < 1.29 is 19.1 Å². The summed E-state index contributed by atoms with van der Waals surface area (Å²) < 4.78 is 12.6. The lowest BCUT2D eigenvalue weighted by atomic mass is 10.0. The van der Waals surface area contributed by atoms with E-state index >= 15 is 0 Å². The molecule has 1 saturated heterocycles. The maximum atomic E-state index is 12.2. The Labute approximate surface area is 148 Å². The third kappa shape index (κ3) is 6.04. The number of carbonyl (C=O) groups excluding carboxylic acids is 2. The van der Waals surface area contributed by atoms with Gasteiger partial charge in [0, 0.05) is 7.05 Å². The number of hydrogen-bond donors (Lipinski definition) is 2. The van der Waals surface area contributed by atoms with E-state index in [0.29, 0.717) is 26.0 Å². The number of alkyl carbamates (subject to hydrolysis) is 1. The van der Waals surface area contributed by atoms with Crippen molar-refractivity contribution in [2.45, 2.75) is 64.8 Å². The quantitative estimate of drug-likeness (QED) is 0.854. The molecule has 0 bridgehead atoms. The largest absolute Gasteiger partial charge is 0.444 e. The van der Waals surface area contributed by atoms with Crippen molar-refractivity contribution in [3.05, 3.63) is 17.5 Å². The molecule has 0 spiro atoms. The fraction of sp³-hybridized carbons (Fsp3) is 0.706. The van der Waals surface area contributed by atoms with Crippen molar-refractivity contribution in [1.82, 2.24) is 20.4 Å². The Bertz CT molecular complexity index is 613. The zero-order chi connectivity index (χ0) is 18.6. The maximum absolute atomic E-state index is 12.2. The average molecular weight is 352 g/mol. The van der Waals surface area contributed by atoms with Crippen LogP contribution in [0.3, 0.4) is 0 Å². The van der Waals surface area contributed by atoms with Crippen LogP contribution in [0.25, 0.3) is 0 Å². The minimum atomic E-state index is -0.536. The highest BCUT2D eigenvalue weighted by Crippen LogP contribution is 2.15. The second-order valence-corrected chi connectivity index (χ2v) is 7.36. The highest BCUT2D eigenvalue weighted by atomic mass is 16.6. The lowest BCUT2D eigenvalue weighted by molar-refractivity contribution is -0.136. The molecule has 1 aromatic rings. The van der Waals surface area contributed by atoms with Crippen LogP contribution in [0.15, 0.2) is 6.07 Å². The van der Waals surface area contributed by atoms with Gasteiger partial charge in [-0.1, -0.05) is 0 Å². The van der Waals surface area contributed by atoms with Crippen molar-refractivity contribution in [3.63, 3.8) is 0 Å². The molecule has 0 saturated carbocycles. The van der Waals surface area contributed by atoms with Gasteiger partial charge in [0.2, 0.25) is 5.91 Å². The minimum Gasteiger partial charge on any atom is -0.444 e. The van der Waals surface area contributed by atoms with E-state index in [2.05, 4.69) is 15.7 Å². The number of aryl methyl sites for hydroxylation is 2. The van der Waals surface area contributed by atoms with Crippen LogP contribution in [0.4, 0.5) is 4.79 Å². The second-order valence-electron chi connectivity index (χ2n) is 7.36. The first-order valence-corrected chi connectivity index (χ1v) is 8.52. The molecular weight excluding hydrogens is 324 g/mol. The van der Waals surface area contributed by atoms with E-state index in [1.807, 2.05) is 40.8 Å². The van der Waals surface area contributed by atoms with Crippen molar-refractivity contribution >= 4 is 12.0 Å². The summed E-state index contributed by atoms with van der Waals surface area (Å²) in [5, 5.41) is 9.89. The number of carbonyl (C=O) groups is 2. The molecule has 2 amide bonds. The Hall–Kier alpha value is -2.09. The summed E-state index contributed by atoms with van der Waals surface area (Å²) in [4.78, 5) is 24.0. The molecule has 1 aliphatic rings. The summed E-state index contributed by atoms with van der Waals surface area (Å²) in [5.74, 6) is -0.144. The number of aromatic nitrogens is 2. The van der Waals surface area contributed by atoms with Gasteiger partial charge < -0.3 is 20.1 Å². The minimum absolute atomic E-state index is 0.140. The molecular formula is C17H28N4O4. The van der Waals surface area contributed by atoms with Crippen LogP contribution in [0.2, 0.25) is 0 Å². The van der Waals surface area contributed by atoms with Gasteiger partial charge in [-0.15, -0.1) is 0 Å². The first-order valence-electron chi connectivity index (χ1n) is 8.52. The van der Waals surface area contributed by atoms with E-state index in [1.54, 1.807) is 4.68 Å². The second kappa shape index (κ2) is 7.86. The standard InChI is InChI=1S/C17H28N4O4/c1-11-8-13(21(5)20-11)9-18-15(22)14-7-6-12(10-24-14)19-16(23)25-17(2,3)4/h8,12,14H,6-7,9-10H2,1-5H3,(H,18,22)(H,19,23)/t12-,14+/m1/s1. The lowest BCUT2D eigenvalue weighted by Gasteiger charge is -2.29. The summed E-state index contributed by atoms with van der Waals surface area (Å²) in [5.41, 5.74) is 1.31. The molecule has 0 unspecified atom stereocenters. The Kier molecular flexibility index (Phi) is 6.05. The van der Waals surface area contributed by atoms with E-state index < -0.39 is 17.8 Å².